The third-order valence-electron chi connectivity index (χ3n) is 6.72. The maximum atomic E-state index is 13.7. The minimum Gasteiger partial charge on any atom is -0.345 e. The zero-order chi connectivity index (χ0) is 24.7. The lowest BCUT2D eigenvalue weighted by Crippen LogP contribution is -2.49. The van der Waals surface area contributed by atoms with Gasteiger partial charge in [0.1, 0.15) is 0 Å². The highest BCUT2D eigenvalue weighted by molar-refractivity contribution is 5.85. The van der Waals surface area contributed by atoms with Crippen molar-refractivity contribution >= 4 is 11.8 Å². The van der Waals surface area contributed by atoms with E-state index in [2.05, 4.69) is 72.8 Å². The van der Waals surface area contributed by atoms with Gasteiger partial charge in [-0.2, -0.15) is 0 Å². The van der Waals surface area contributed by atoms with Crippen molar-refractivity contribution in [2.45, 2.75) is 98.3 Å². The third-order valence-corrected chi connectivity index (χ3v) is 6.72. The van der Waals surface area contributed by atoms with E-state index in [1.54, 1.807) is 4.90 Å². The first-order valence-electron chi connectivity index (χ1n) is 12.9. The average molecular weight is 466 g/mol. The second kappa shape index (κ2) is 11.7. The van der Waals surface area contributed by atoms with Gasteiger partial charge in [0.15, 0.2) is 0 Å². The number of amides is 2. The Morgan fingerprint density at radius 2 is 1.65 bits per heavy atom. The Bertz CT molecular complexity index is 920. The van der Waals surface area contributed by atoms with Crippen molar-refractivity contribution in [2.75, 3.05) is 6.54 Å². The third kappa shape index (κ3) is 7.48. The fraction of sp³-hybridized carbons (Fsp3) is 0.586. The summed E-state index contributed by atoms with van der Waals surface area (Å²) >= 11 is 0. The van der Waals surface area contributed by atoms with Crippen LogP contribution in [0.15, 0.2) is 48.7 Å². The van der Waals surface area contributed by atoms with Crippen LogP contribution in [0.2, 0.25) is 0 Å². The Morgan fingerprint density at radius 1 is 0.971 bits per heavy atom. The van der Waals surface area contributed by atoms with Crippen LogP contribution in [0, 0.1) is 5.41 Å². The highest BCUT2D eigenvalue weighted by atomic mass is 16.2. The topological polar surface area (TPSA) is 45.6 Å². The number of carbonyl (C=O) groups excluding carboxylic acids is 2. The molecule has 186 valence electrons. The molecule has 0 aliphatic heterocycles. The molecule has 1 saturated carbocycles. The van der Waals surface area contributed by atoms with E-state index in [-0.39, 0.29) is 35.9 Å². The molecule has 1 heterocycles. The zero-order valence-corrected chi connectivity index (χ0v) is 21.8. The number of rotatable bonds is 9. The summed E-state index contributed by atoms with van der Waals surface area (Å²) in [5.41, 5.74) is 2.28. The van der Waals surface area contributed by atoms with Crippen LogP contribution in [0.4, 0.5) is 0 Å². The van der Waals surface area contributed by atoms with E-state index in [1.165, 1.54) is 12.0 Å². The summed E-state index contributed by atoms with van der Waals surface area (Å²) in [7, 11) is 0. The number of hydrogen-bond acceptors (Lipinski definition) is 2. The van der Waals surface area contributed by atoms with Crippen LogP contribution in [0.3, 0.4) is 0 Å². The molecule has 1 aromatic carbocycles. The molecule has 1 aliphatic carbocycles. The Hall–Kier alpha value is -2.56. The first-order chi connectivity index (χ1) is 16.1. The Labute approximate surface area is 206 Å². The van der Waals surface area contributed by atoms with Crippen LogP contribution in [-0.4, -0.2) is 44.8 Å². The van der Waals surface area contributed by atoms with Gasteiger partial charge in [-0.1, -0.05) is 70.4 Å². The van der Waals surface area contributed by atoms with Crippen LogP contribution in [0.5, 0.6) is 0 Å². The van der Waals surface area contributed by atoms with Crippen molar-refractivity contribution in [3.63, 3.8) is 0 Å². The number of carbonyl (C=O) groups is 2. The lowest BCUT2D eigenvalue weighted by atomic mass is 9.91. The average Bonchev–Trinajstić information content (AvgIpc) is 3.22. The van der Waals surface area contributed by atoms with Gasteiger partial charge in [0.05, 0.1) is 13.1 Å². The second-order valence-electron chi connectivity index (χ2n) is 11.3. The standard InChI is InChI=1S/C29H43N3O2/c1-23(2)31(27(33)19-29(3,4)5)22-28(34)32(25-15-10-7-11-16-25)21-26-17-12-18-30(26)20-24-13-8-6-9-14-24/h6,8-9,12-14,17-18,23,25H,7,10-11,15-16,19-22H2,1-5H3. The fourth-order valence-corrected chi connectivity index (χ4v) is 4.87. The van der Waals surface area contributed by atoms with E-state index in [0.717, 1.165) is 37.9 Å². The molecule has 5 nitrogen and oxygen atoms in total. The molecule has 5 heteroatoms. The molecule has 34 heavy (non-hydrogen) atoms. The Balaban J connectivity index is 1.79. The van der Waals surface area contributed by atoms with Crippen molar-refractivity contribution in [2.24, 2.45) is 5.41 Å². The minimum absolute atomic E-state index is 0.00560. The van der Waals surface area contributed by atoms with Gasteiger partial charge in [0.2, 0.25) is 11.8 Å². The SMILES string of the molecule is CC(C)N(CC(=O)N(Cc1cccn1Cc1ccccc1)C1CCCCC1)C(=O)CC(C)(C)C. The van der Waals surface area contributed by atoms with Gasteiger partial charge >= 0.3 is 0 Å². The molecule has 0 saturated heterocycles. The van der Waals surface area contributed by atoms with Gasteiger partial charge in [-0.15, -0.1) is 0 Å². The quantitative estimate of drug-likeness (QED) is 0.465. The molecule has 0 N–H and O–H groups in total. The van der Waals surface area contributed by atoms with E-state index < -0.39 is 0 Å². The maximum absolute atomic E-state index is 13.7. The van der Waals surface area contributed by atoms with Crippen LogP contribution in [-0.2, 0) is 22.7 Å². The summed E-state index contributed by atoms with van der Waals surface area (Å²) in [5.74, 6) is 0.127. The van der Waals surface area contributed by atoms with Crippen molar-refractivity contribution in [1.29, 1.82) is 0 Å². The molecule has 1 fully saturated rings. The van der Waals surface area contributed by atoms with Crippen molar-refractivity contribution in [3.05, 3.63) is 59.9 Å². The number of hydrogen-bond donors (Lipinski definition) is 0. The molecular formula is C29H43N3O2. The lowest BCUT2D eigenvalue weighted by molar-refractivity contribution is -0.145. The predicted octanol–water partition coefficient (Wildman–Crippen LogP) is 5.87. The normalized spacial score (nSPS) is 14.9. The first-order valence-corrected chi connectivity index (χ1v) is 12.9. The number of nitrogens with zero attached hydrogens (tertiary/aromatic N) is 3. The van der Waals surface area contributed by atoms with Crippen LogP contribution in [0.1, 0.15) is 84.4 Å². The predicted molar refractivity (Wildman–Crippen MR) is 138 cm³/mol. The second-order valence-corrected chi connectivity index (χ2v) is 11.3. The lowest BCUT2D eigenvalue weighted by Gasteiger charge is -2.37. The van der Waals surface area contributed by atoms with E-state index in [0.29, 0.717) is 13.0 Å². The molecule has 1 aromatic heterocycles. The van der Waals surface area contributed by atoms with Gasteiger partial charge in [-0.05, 0) is 49.8 Å². The van der Waals surface area contributed by atoms with Crippen molar-refractivity contribution < 1.29 is 9.59 Å². The monoisotopic (exact) mass is 465 g/mol. The van der Waals surface area contributed by atoms with Crippen LogP contribution < -0.4 is 0 Å². The zero-order valence-electron chi connectivity index (χ0n) is 21.8. The summed E-state index contributed by atoms with van der Waals surface area (Å²) in [6.45, 7) is 11.7. The van der Waals surface area contributed by atoms with E-state index in [4.69, 9.17) is 0 Å². The van der Waals surface area contributed by atoms with E-state index >= 15 is 0 Å². The molecule has 0 atom stereocenters. The first kappa shape index (κ1) is 26.1. The Morgan fingerprint density at radius 3 is 2.26 bits per heavy atom. The van der Waals surface area contributed by atoms with Gasteiger partial charge < -0.3 is 14.4 Å². The molecular weight excluding hydrogens is 422 g/mol. The summed E-state index contributed by atoms with van der Waals surface area (Å²) < 4.78 is 2.24. The van der Waals surface area contributed by atoms with Crippen LogP contribution >= 0.6 is 0 Å². The van der Waals surface area contributed by atoms with Gasteiger partial charge in [0.25, 0.3) is 0 Å². The largest absolute Gasteiger partial charge is 0.345 e. The Kier molecular flexibility index (Phi) is 8.98. The molecule has 0 spiro atoms. The molecule has 2 aromatic rings. The number of aromatic nitrogens is 1. The summed E-state index contributed by atoms with van der Waals surface area (Å²) in [4.78, 5) is 30.6. The fourth-order valence-electron chi connectivity index (χ4n) is 4.87. The summed E-state index contributed by atoms with van der Waals surface area (Å²) in [6.07, 6.45) is 8.20. The number of benzene rings is 1. The highest BCUT2D eigenvalue weighted by Gasteiger charge is 2.30. The molecule has 3 rings (SSSR count). The smallest absolute Gasteiger partial charge is 0.242 e. The highest BCUT2D eigenvalue weighted by Crippen LogP contribution is 2.26. The van der Waals surface area contributed by atoms with Crippen molar-refractivity contribution in [1.82, 2.24) is 14.4 Å². The molecule has 1 aliphatic rings. The van der Waals surface area contributed by atoms with Gasteiger partial charge in [-0.25, -0.2) is 0 Å². The minimum atomic E-state index is -0.103. The maximum Gasteiger partial charge on any atom is 0.242 e. The molecule has 0 radical (unpaired) electrons. The van der Waals surface area contributed by atoms with Gasteiger partial charge in [-0.3, -0.25) is 9.59 Å². The van der Waals surface area contributed by atoms with Crippen LogP contribution in [0.25, 0.3) is 0 Å². The summed E-state index contributed by atoms with van der Waals surface area (Å²) in [6, 6.07) is 14.8. The van der Waals surface area contributed by atoms with Crippen molar-refractivity contribution in [3.8, 4) is 0 Å². The molecule has 0 unspecified atom stereocenters. The molecule has 2 amide bonds. The van der Waals surface area contributed by atoms with E-state index in [1.807, 2.05) is 19.9 Å². The van der Waals surface area contributed by atoms with E-state index in [9.17, 15) is 9.59 Å². The summed E-state index contributed by atoms with van der Waals surface area (Å²) in [5, 5.41) is 0. The molecule has 0 bridgehead atoms. The van der Waals surface area contributed by atoms with Gasteiger partial charge in [0, 0.05) is 36.9 Å².